The van der Waals surface area contributed by atoms with Crippen molar-refractivity contribution in [2.75, 3.05) is 0 Å². The van der Waals surface area contributed by atoms with Gasteiger partial charge in [0.25, 0.3) is 5.88 Å². The van der Waals surface area contributed by atoms with Crippen LogP contribution in [0.5, 0.6) is 11.6 Å². The molecular formula is C12H16BrNO2. The first kappa shape index (κ1) is 11.7. The third-order valence-electron chi connectivity index (χ3n) is 2.04. The molecule has 2 rings (SSSR count). The van der Waals surface area contributed by atoms with E-state index >= 15 is 0 Å². The van der Waals surface area contributed by atoms with Crippen molar-refractivity contribution in [3.8, 4) is 11.6 Å². The minimum atomic E-state index is -0.268. The monoisotopic (exact) mass is 285 g/mol. The van der Waals surface area contributed by atoms with E-state index in [9.17, 15) is 0 Å². The van der Waals surface area contributed by atoms with Crippen molar-refractivity contribution >= 4 is 15.9 Å². The third kappa shape index (κ3) is 3.11. The molecule has 0 spiro atoms. The molecule has 1 saturated carbocycles. The van der Waals surface area contributed by atoms with Gasteiger partial charge in [-0.1, -0.05) is 0 Å². The molecule has 4 heteroatoms. The van der Waals surface area contributed by atoms with Crippen LogP contribution in [0, 0.1) is 0 Å². The molecule has 0 N–H and O–H groups in total. The molecule has 0 aromatic carbocycles. The van der Waals surface area contributed by atoms with Gasteiger partial charge in [0.15, 0.2) is 5.75 Å². The SMILES string of the molecule is CC(C)(C)Oc1nccc(Br)c1OC1CC1. The van der Waals surface area contributed by atoms with Crippen LogP contribution in [0.25, 0.3) is 0 Å². The highest BCUT2D eigenvalue weighted by Crippen LogP contribution is 2.38. The van der Waals surface area contributed by atoms with Crippen molar-refractivity contribution in [1.82, 2.24) is 4.98 Å². The van der Waals surface area contributed by atoms with E-state index in [0.29, 0.717) is 12.0 Å². The lowest BCUT2D eigenvalue weighted by atomic mass is 10.2. The zero-order valence-corrected chi connectivity index (χ0v) is 11.4. The number of hydrogen-bond donors (Lipinski definition) is 0. The van der Waals surface area contributed by atoms with Gasteiger partial charge in [-0.25, -0.2) is 4.98 Å². The van der Waals surface area contributed by atoms with Crippen LogP contribution < -0.4 is 9.47 Å². The number of aromatic nitrogens is 1. The normalized spacial score (nSPS) is 16.0. The largest absolute Gasteiger partial charge is 0.484 e. The Labute approximate surface area is 104 Å². The van der Waals surface area contributed by atoms with Gasteiger partial charge in [-0.05, 0) is 55.6 Å². The summed E-state index contributed by atoms with van der Waals surface area (Å²) in [5, 5.41) is 0. The van der Waals surface area contributed by atoms with Gasteiger partial charge in [-0.15, -0.1) is 0 Å². The van der Waals surface area contributed by atoms with E-state index in [4.69, 9.17) is 9.47 Å². The molecule has 1 aromatic rings. The Morgan fingerprint density at radius 3 is 2.62 bits per heavy atom. The minimum absolute atomic E-state index is 0.268. The smallest absolute Gasteiger partial charge is 0.258 e. The summed E-state index contributed by atoms with van der Waals surface area (Å²) in [5.74, 6) is 1.29. The molecule has 0 atom stereocenters. The van der Waals surface area contributed by atoms with Gasteiger partial charge in [0.05, 0.1) is 10.6 Å². The van der Waals surface area contributed by atoms with Gasteiger partial charge in [0.1, 0.15) is 5.60 Å². The molecule has 0 radical (unpaired) electrons. The molecule has 1 aliphatic carbocycles. The number of ether oxygens (including phenoxy) is 2. The van der Waals surface area contributed by atoms with Crippen LogP contribution in [0.15, 0.2) is 16.7 Å². The van der Waals surface area contributed by atoms with Crippen molar-refractivity contribution in [1.29, 1.82) is 0 Å². The maximum absolute atomic E-state index is 5.80. The molecular weight excluding hydrogens is 270 g/mol. The molecule has 1 aromatic heterocycles. The van der Waals surface area contributed by atoms with Crippen LogP contribution in [0.3, 0.4) is 0 Å². The quantitative estimate of drug-likeness (QED) is 0.851. The van der Waals surface area contributed by atoms with Crippen LogP contribution in [-0.4, -0.2) is 16.7 Å². The molecule has 0 bridgehead atoms. The average Bonchev–Trinajstić information content (AvgIpc) is 2.92. The zero-order chi connectivity index (χ0) is 11.8. The second-order valence-electron chi connectivity index (χ2n) is 4.96. The first-order valence-electron chi connectivity index (χ1n) is 5.46. The lowest BCUT2D eigenvalue weighted by Crippen LogP contribution is -2.24. The lowest BCUT2D eigenvalue weighted by Gasteiger charge is -2.22. The second kappa shape index (κ2) is 4.24. The fourth-order valence-corrected chi connectivity index (χ4v) is 1.61. The highest BCUT2D eigenvalue weighted by molar-refractivity contribution is 9.10. The van der Waals surface area contributed by atoms with E-state index in [1.165, 1.54) is 0 Å². The van der Waals surface area contributed by atoms with Gasteiger partial charge in [-0.2, -0.15) is 0 Å². The fourth-order valence-electron chi connectivity index (χ4n) is 1.23. The highest BCUT2D eigenvalue weighted by Gasteiger charge is 2.27. The van der Waals surface area contributed by atoms with E-state index in [-0.39, 0.29) is 5.60 Å². The summed E-state index contributed by atoms with van der Waals surface area (Å²) in [6, 6.07) is 1.87. The Balaban J connectivity index is 2.24. The number of halogens is 1. The summed E-state index contributed by atoms with van der Waals surface area (Å²) in [4.78, 5) is 4.23. The highest BCUT2D eigenvalue weighted by atomic mass is 79.9. The van der Waals surface area contributed by atoms with Crippen LogP contribution in [-0.2, 0) is 0 Å². The Hall–Kier alpha value is -0.770. The lowest BCUT2D eigenvalue weighted by molar-refractivity contribution is 0.115. The van der Waals surface area contributed by atoms with E-state index < -0.39 is 0 Å². The molecule has 0 aliphatic heterocycles. The molecule has 16 heavy (non-hydrogen) atoms. The summed E-state index contributed by atoms with van der Waals surface area (Å²) in [5.41, 5.74) is -0.268. The predicted octanol–water partition coefficient (Wildman–Crippen LogP) is 3.56. The zero-order valence-electron chi connectivity index (χ0n) is 9.79. The Bertz CT molecular complexity index is 383. The van der Waals surface area contributed by atoms with Crippen molar-refractivity contribution in [3.05, 3.63) is 16.7 Å². The van der Waals surface area contributed by atoms with Crippen LogP contribution in [0.4, 0.5) is 0 Å². The van der Waals surface area contributed by atoms with E-state index in [1.807, 2.05) is 26.8 Å². The molecule has 0 unspecified atom stereocenters. The standard InChI is InChI=1S/C12H16BrNO2/c1-12(2,3)16-11-10(15-8-4-5-8)9(13)6-7-14-11/h6-8H,4-5H2,1-3H3. The summed E-state index contributed by atoms with van der Waals surface area (Å²) in [6.45, 7) is 5.99. The maximum Gasteiger partial charge on any atom is 0.258 e. The first-order chi connectivity index (χ1) is 7.46. The van der Waals surface area contributed by atoms with Gasteiger partial charge in [0.2, 0.25) is 0 Å². The summed E-state index contributed by atoms with van der Waals surface area (Å²) < 4.78 is 12.5. The molecule has 0 saturated heterocycles. The molecule has 88 valence electrons. The summed E-state index contributed by atoms with van der Waals surface area (Å²) >= 11 is 3.47. The van der Waals surface area contributed by atoms with E-state index in [1.54, 1.807) is 6.20 Å². The number of hydrogen-bond acceptors (Lipinski definition) is 3. The van der Waals surface area contributed by atoms with E-state index in [2.05, 4.69) is 20.9 Å². The predicted molar refractivity (Wildman–Crippen MR) is 66.0 cm³/mol. The second-order valence-corrected chi connectivity index (χ2v) is 5.81. The van der Waals surface area contributed by atoms with Gasteiger partial charge >= 0.3 is 0 Å². The van der Waals surface area contributed by atoms with Crippen molar-refractivity contribution in [2.45, 2.75) is 45.3 Å². The summed E-state index contributed by atoms with van der Waals surface area (Å²) in [6.07, 6.45) is 4.29. The molecule has 3 nitrogen and oxygen atoms in total. The maximum atomic E-state index is 5.80. The Kier molecular flexibility index (Phi) is 3.10. The van der Waals surface area contributed by atoms with Crippen molar-refractivity contribution in [3.63, 3.8) is 0 Å². The van der Waals surface area contributed by atoms with Crippen LogP contribution >= 0.6 is 15.9 Å². The minimum Gasteiger partial charge on any atom is -0.484 e. The fraction of sp³-hybridized carbons (Fsp3) is 0.583. The Morgan fingerprint density at radius 1 is 1.38 bits per heavy atom. The molecule has 1 heterocycles. The molecule has 1 aliphatic rings. The molecule has 0 amide bonds. The van der Waals surface area contributed by atoms with Gasteiger partial charge < -0.3 is 9.47 Å². The molecule has 1 fully saturated rings. The average molecular weight is 286 g/mol. The number of rotatable bonds is 3. The van der Waals surface area contributed by atoms with Crippen LogP contribution in [0.1, 0.15) is 33.6 Å². The number of pyridine rings is 1. The Morgan fingerprint density at radius 2 is 2.06 bits per heavy atom. The van der Waals surface area contributed by atoms with Crippen molar-refractivity contribution < 1.29 is 9.47 Å². The van der Waals surface area contributed by atoms with Crippen molar-refractivity contribution in [2.24, 2.45) is 0 Å². The first-order valence-corrected chi connectivity index (χ1v) is 6.25. The van der Waals surface area contributed by atoms with Gasteiger partial charge in [-0.3, -0.25) is 0 Å². The number of nitrogens with zero attached hydrogens (tertiary/aromatic N) is 1. The summed E-state index contributed by atoms with van der Waals surface area (Å²) in [7, 11) is 0. The van der Waals surface area contributed by atoms with E-state index in [0.717, 1.165) is 23.1 Å². The topological polar surface area (TPSA) is 31.4 Å². The third-order valence-corrected chi connectivity index (χ3v) is 2.66. The van der Waals surface area contributed by atoms with Crippen LogP contribution in [0.2, 0.25) is 0 Å². The van der Waals surface area contributed by atoms with Gasteiger partial charge in [0, 0.05) is 6.20 Å².